The maximum atomic E-state index is 12.2. The Labute approximate surface area is 134 Å². The Morgan fingerprint density at radius 1 is 1.22 bits per heavy atom. The van der Waals surface area contributed by atoms with E-state index < -0.39 is 28.2 Å². The second kappa shape index (κ2) is 7.71. The van der Waals surface area contributed by atoms with Crippen LogP contribution in [0.3, 0.4) is 0 Å². The lowest BCUT2D eigenvalue weighted by Gasteiger charge is -2.36. The Kier molecular flexibility index (Phi) is 6.24. The highest BCUT2D eigenvalue weighted by atomic mass is 16.6. The van der Waals surface area contributed by atoms with Crippen LogP contribution in [0.25, 0.3) is 0 Å². The summed E-state index contributed by atoms with van der Waals surface area (Å²) in [7, 11) is 0. The predicted molar refractivity (Wildman–Crippen MR) is 83.1 cm³/mol. The number of rotatable bonds is 8. The van der Waals surface area contributed by atoms with Crippen molar-refractivity contribution in [3.8, 4) is 0 Å². The van der Waals surface area contributed by atoms with Gasteiger partial charge in [0.25, 0.3) is 5.69 Å². The van der Waals surface area contributed by atoms with Crippen LogP contribution >= 0.6 is 0 Å². The van der Waals surface area contributed by atoms with E-state index in [4.69, 9.17) is 4.74 Å². The second-order valence-corrected chi connectivity index (χ2v) is 5.19. The molecule has 126 valence electrons. The molecule has 0 fully saturated rings. The molecule has 0 aliphatic carbocycles. The van der Waals surface area contributed by atoms with Gasteiger partial charge in [0, 0.05) is 17.5 Å². The maximum Gasteiger partial charge on any atom is 0.321 e. The number of carboxylic acids is 1. The van der Waals surface area contributed by atoms with Gasteiger partial charge >= 0.3 is 11.9 Å². The Morgan fingerprint density at radius 3 is 2.09 bits per heavy atom. The van der Waals surface area contributed by atoms with E-state index in [0.717, 1.165) is 0 Å². The molecule has 7 nitrogen and oxygen atoms in total. The highest BCUT2D eigenvalue weighted by molar-refractivity contribution is 5.96. The van der Waals surface area contributed by atoms with Gasteiger partial charge in [0.15, 0.2) is 5.92 Å². The van der Waals surface area contributed by atoms with Crippen molar-refractivity contribution in [3.05, 3.63) is 39.9 Å². The summed E-state index contributed by atoms with van der Waals surface area (Å²) in [5, 5.41) is 20.3. The fourth-order valence-corrected chi connectivity index (χ4v) is 2.94. The minimum Gasteiger partial charge on any atom is -0.481 e. The molecule has 0 spiro atoms. The number of carbonyl (C=O) groups is 2. The van der Waals surface area contributed by atoms with Gasteiger partial charge in [0.1, 0.15) is 0 Å². The van der Waals surface area contributed by atoms with E-state index in [1.807, 2.05) is 0 Å². The van der Waals surface area contributed by atoms with Crippen LogP contribution in [0.5, 0.6) is 0 Å². The third-order valence-corrected chi connectivity index (χ3v) is 4.24. The van der Waals surface area contributed by atoms with Crippen LogP contribution in [-0.2, 0) is 19.7 Å². The Balaban J connectivity index is 3.41. The molecular formula is C16H21NO6. The molecule has 0 saturated heterocycles. The number of hydrogen-bond donors (Lipinski definition) is 1. The molecule has 1 N–H and O–H groups in total. The molecule has 0 aliphatic heterocycles. The van der Waals surface area contributed by atoms with Gasteiger partial charge in [0.2, 0.25) is 0 Å². The van der Waals surface area contributed by atoms with Crippen molar-refractivity contribution < 1.29 is 24.4 Å². The van der Waals surface area contributed by atoms with Crippen LogP contribution in [0.1, 0.15) is 39.2 Å². The monoisotopic (exact) mass is 323 g/mol. The number of carbonyl (C=O) groups excluding carboxylic acids is 1. The Bertz CT molecular complexity index is 577. The van der Waals surface area contributed by atoms with Crippen LogP contribution < -0.4 is 0 Å². The van der Waals surface area contributed by atoms with E-state index in [9.17, 15) is 24.8 Å². The van der Waals surface area contributed by atoms with Crippen molar-refractivity contribution in [2.24, 2.45) is 5.92 Å². The zero-order valence-corrected chi connectivity index (χ0v) is 13.4. The molecule has 0 aliphatic rings. The van der Waals surface area contributed by atoms with Gasteiger partial charge in [-0.3, -0.25) is 19.7 Å². The maximum absolute atomic E-state index is 12.2. The predicted octanol–water partition coefficient (Wildman–Crippen LogP) is 2.92. The summed E-state index contributed by atoms with van der Waals surface area (Å²) >= 11 is 0. The Morgan fingerprint density at radius 2 is 1.74 bits per heavy atom. The number of non-ortho nitro benzene ring substituents is 1. The Hall–Kier alpha value is -2.44. The molecule has 0 amide bonds. The molecule has 23 heavy (non-hydrogen) atoms. The van der Waals surface area contributed by atoms with Gasteiger partial charge in [-0.2, -0.15) is 0 Å². The topological polar surface area (TPSA) is 107 Å². The van der Waals surface area contributed by atoms with Crippen molar-refractivity contribution in [2.45, 2.75) is 39.0 Å². The van der Waals surface area contributed by atoms with E-state index >= 15 is 0 Å². The van der Waals surface area contributed by atoms with E-state index in [1.165, 1.54) is 24.3 Å². The van der Waals surface area contributed by atoms with Crippen LogP contribution in [0, 0.1) is 16.0 Å². The van der Waals surface area contributed by atoms with Gasteiger partial charge in [-0.15, -0.1) is 0 Å². The number of nitro groups is 1. The molecule has 0 radical (unpaired) electrons. The molecule has 1 aromatic rings. The molecule has 1 unspecified atom stereocenters. The van der Waals surface area contributed by atoms with Gasteiger partial charge in [-0.25, -0.2) is 0 Å². The lowest BCUT2D eigenvalue weighted by Crippen LogP contribution is -2.44. The summed E-state index contributed by atoms with van der Waals surface area (Å²) in [4.78, 5) is 34.2. The second-order valence-electron chi connectivity index (χ2n) is 5.19. The van der Waals surface area contributed by atoms with Crippen LogP contribution in [-0.4, -0.2) is 28.6 Å². The summed E-state index contributed by atoms with van der Waals surface area (Å²) in [6.07, 6.45) is 0.772. The first-order valence-electron chi connectivity index (χ1n) is 7.48. The molecule has 1 aromatic carbocycles. The number of ether oxygens (including phenoxy) is 1. The third-order valence-electron chi connectivity index (χ3n) is 4.24. The number of esters is 1. The molecule has 0 saturated carbocycles. The van der Waals surface area contributed by atoms with Gasteiger partial charge < -0.3 is 9.84 Å². The van der Waals surface area contributed by atoms with Crippen molar-refractivity contribution in [3.63, 3.8) is 0 Å². The van der Waals surface area contributed by atoms with Crippen LogP contribution in [0.2, 0.25) is 0 Å². The standard InChI is InChI=1S/C16H21NO6/c1-4-16(5-2,13(14(18)19)15(20)23-6-3)11-7-9-12(10-8-11)17(21)22/h7-10,13H,4-6H2,1-3H3,(H,18,19). The molecule has 0 aromatic heterocycles. The number of nitrogens with zero attached hydrogens (tertiary/aromatic N) is 1. The summed E-state index contributed by atoms with van der Waals surface area (Å²) in [6.45, 7) is 5.29. The third kappa shape index (κ3) is 3.67. The summed E-state index contributed by atoms with van der Waals surface area (Å²) in [6, 6.07) is 5.67. The van der Waals surface area contributed by atoms with Crippen molar-refractivity contribution >= 4 is 17.6 Å². The lowest BCUT2D eigenvalue weighted by atomic mass is 9.66. The van der Waals surface area contributed by atoms with E-state index in [1.54, 1.807) is 20.8 Å². The van der Waals surface area contributed by atoms with Crippen molar-refractivity contribution in [2.75, 3.05) is 6.61 Å². The number of aliphatic carboxylic acids is 1. The fraction of sp³-hybridized carbons (Fsp3) is 0.500. The molecule has 1 atom stereocenters. The minimum atomic E-state index is -1.36. The molecule has 0 bridgehead atoms. The number of hydrogen-bond acceptors (Lipinski definition) is 5. The summed E-state index contributed by atoms with van der Waals surface area (Å²) < 4.78 is 4.93. The molecule has 0 heterocycles. The first kappa shape index (κ1) is 18.6. The molecular weight excluding hydrogens is 302 g/mol. The first-order chi connectivity index (χ1) is 10.8. The number of benzene rings is 1. The number of carboxylic acid groups (broad SMARTS) is 1. The largest absolute Gasteiger partial charge is 0.481 e. The highest BCUT2D eigenvalue weighted by Gasteiger charge is 2.47. The SMILES string of the molecule is CCOC(=O)C(C(=O)O)C(CC)(CC)c1ccc([N+](=O)[O-])cc1. The zero-order chi connectivity index (χ0) is 17.6. The van der Waals surface area contributed by atoms with E-state index in [0.29, 0.717) is 18.4 Å². The highest BCUT2D eigenvalue weighted by Crippen LogP contribution is 2.40. The fourth-order valence-electron chi connectivity index (χ4n) is 2.94. The van der Waals surface area contributed by atoms with Gasteiger partial charge in [0.05, 0.1) is 11.5 Å². The average molecular weight is 323 g/mol. The lowest BCUT2D eigenvalue weighted by molar-refractivity contribution is -0.384. The summed E-state index contributed by atoms with van der Waals surface area (Å²) in [5.41, 5.74) is -0.487. The van der Waals surface area contributed by atoms with E-state index in [2.05, 4.69) is 0 Å². The average Bonchev–Trinajstić information content (AvgIpc) is 2.52. The first-order valence-corrected chi connectivity index (χ1v) is 7.48. The van der Waals surface area contributed by atoms with E-state index in [-0.39, 0.29) is 12.3 Å². The van der Waals surface area contributed by atoms with Crippen LogP contribution in [0.4, 0.5) is 5.69 Å². The summed E-state index contributed by atoms with van der Waals surface area (Å²) in [5.74, 6) is -3.41. The van der Waals surface area contributed by atoms with Crippen molar-refractivity contribution in [1.82, 2.24) is 0 Å². The number of nitro benzene ring substituents is 1. The normalized spacial score (nSPS) is 12.5. The zero-order valence-electron chi connectivity index (χ0n) is 13.4. The molecule has 7 heteroatoms. The quantitative estimate of drug-likeness (QED) is 0.341. The minimum absolute atomic E-state index is 0.0853. The van der Waals surface area contributed by atoms with Gasteiger partial charge in [-0.1, -0.05) is 26.0 Å². The van der Waals surface area contributed by atoms with Gasteiger partial charge in [-0.05, 0) is 25.3 Å². The van der Waals surface area contributed by atoms with Crippen molar-refractivity contribution in [1.29, 1.82) is 0 Å². The van der Waals surface area contributed by atoms with Crippen LogP contribution in [0.15, 0.2) is 24.3 Å². The molecule has 1 rings (SSSR count). The smallest absolute Gasteiger partial charge is 0.321 e.